The third kappa shape index (κ3) is 6.15. The Balaban J connectivity index is 1.73. The quantitative estimate of drug-likeness (QED) is 0.396. The predicted octanol–water partition coefficient (Wildman–Crippen LogP) is 6.25. The van der Waals surface area contributed by atoms with Crippen molar-refractivity contribution >= 4 is 39.9 Å². The highest BCUT2D eigenvalue weighted by Gasteiger charge is 2.32. The van der Waals surface area contributed by atoms with Crippen LogP contribution in [0.1, 0.15) is 47.1 Å². The molecule has 0 saturated carbocycles. The summed E-state index contributed by atoms with van der Waals surface area (Å²) in [5, 5.41) is 3.58. The third-order valence-electron chi connectivity index (χ3n) is 6.89. The molecule has 1 aromatic carbocycles. The first-order valence-electron chi connectivity index (χ1n) is 13.4. The number of fused-ring (bicyclic) bond motifs is 1. The van der Waals surface area contributed by atoms with Crippen LogP contribution in [0, 0.1) is 18.6 Å². The number of benzene rings is 1. The maximum absolute atomic E-state index is 15.2. The van der Waals surface area contributed by atoms with Crippen molar-refractivity contribution in [1.29, 1.82) is 0 Å². The van der Waals surface area contributed by atoms with E-state index < -0.39 is 17.2 Å². The number of ether oxygens (including phenoxy) is 1. The Morgan fingerprint density at radius 3 is 2.51 bits per heavy atom. The average molecular weight is 541 g/mol. The Hall–Kier alpha value is -3.69. The SMILES string of the molecule is CCN(CC)c1cncc(Nc2c(C)c(N3CCN(C(=O)OC(C)(C)C)C[C@@H]3C)nc3cc(F)cc(F)c23)c1. The van der Waals surface area contributed by atoms with Gasteiger partial charge in [0.25, 0.3) is 0 Å². The number of nitrogens with one attached hydrogen (secondary N) is 1. The number of aromatic nitrogens is 2. The Kier molecular flexibility index (Phi) is 8.13. The van der Waals surface area contributed by atoms with Crippen LogP contribution in [0.4, 0.5) is 36.5 Å². The fraction of sp³-hybridized carbons (Fsp3) is 0.483. The summed E-state index contributed by atoms with van der Waals surface area (Å²) in [6.45, 7) is 16.6. The second-order valence-corrected chi connectivity index (χ2v) is 10.9. The lowest BCUT2D eigenvalue weighted by molar-refractivity contribution is 0.0218. The van der Waals surface area contributed by atoms with Crippen LogP contribution in [0.3, 0.4) is 0 Å². The molecule has 1 atom stereocenters. The van der Waals surface area contributed by atoms with Gasteiger partial charge in [0, 0.05) is 56.5 Å². The van der Waals surface area contributed by atoms with E-state index in [1.165, 1.54) is 6.07 Å². The van der Waals surface area contributed by atoms with Gasteiger partial charge in [-0.1, -0.05) is 0 Å². The predicted molar refractivity (Wildman–Crippen MR) is 152 cm³/mol. The molecular formula is C29H38F2N6O2. The van der Waals surface area contributed by atoms with Crippen LogP contribution in [0.2, 0.25) is 0 Å². The number of rotatable bonds is 6. The fourth-order valence-electron chi connectivity index (χ4n) is 5.00. The molecule has 1 saturated heterocycles. The second kappa shape index (κ2) is 11.2. The molecule has 1 aliphatic rings. The molecule has 2 aromatic heterocycles. The van der Waals surface area contributed by atoms with Gasteiger partial charge in [-0.05, 0) is 54.5 Å². The van der Waals surface area contributed by atoms with E-state index in [9.17, 15) is 9.18 Å². The van der Waals surface area contributed by atoms with Crippen molar-refractivity contribution in [3.8, 4) is 0 Å². The Bertz CT molecular complexity index is 1360. The molecule has 1 fully saturated rings. The summed E-state index contributed by atoms with van der Waals surface area (Å²) < 4.78 is 35.1. The molecule has 1 N–H and O–H groups in total. The molecule has 8 nitrogen and oxygen atoms in total. The number of carbonyl (C=O) groups is 1. The van der Waals surface area contributed by atoms with Gasteiger partial charge in [-0.3, -0.25) is 4.98 Å². The van der Waals surface area contributed by atoms with E-state index in [1.807, 2.05) is 40.7 Å². The number of hydrogen-bond donors (Lipinski definition) is 1. The van der Waals surface area contributed by atoms with Gasteiger partial charge in [-0.15, -0.1) is 0 Å². The molecule has 39 heavy (non-hydrogen) atoms. The van der Waals surface area contributed by atoms with Crippen molar-refractivity contribution in [2.75, 3.05) is 47.8 Å². The van der Waals surface area contributed by atoms with E-state index in [4.69, 9.17) is 9.72 Å². The summed E-state index contributed by atoms with van der Waals surface area (Å²) in [7, 11) is 0. The van der Waals surface area contributed by atoms with Crippen molar-refractivity contribution in [2.24, 2.45) is 0 Å². The molecule has 10 heteroatoms. The minimum Gasteiger partial charge on any atom is -0.444 e. The van der Waals surface area contributed by atoms with Crippen LogP contribution in [-0.2, 0) is 4.74 Å². The highest BCUT2D eigenvalue weighted by molar-refractivity contribution is 5.98. The summed E-state index contributed by atoms with van der Waals surface area (Å²) in [5.41, 5.74) is 2.49. The van der Waals surface area contributed by atoms with Crippen LogP contribution in [0.25, 0.3) is 10.9 Å². The molecule has 0 spiro atoms. The maximum atomic E-state index is 15.2. The molecule has 4 rings (SSSR count). The van der Waals surface area contributed by atoms with Crippen LogP contribution < -0.4 is 15.1 Å². The average Bonchev–Trinajstić information content (AvgIpc) is 2.85. The number of carbonyl (C=O) groups excluding carboxylic acids is 1. The zero-order valence-electron chi connectivity index (χ0n) is 23.8. The topological polar surface area (TPSA) is 73.8 Å². The number of hydrogen-bond acceptors (Lipinski definition) is 7. The van der Waals surface area contributed by atoms with Gasteiger partial charge in [0.15, 0.2) is 0 Å². The number of amides is 1. The first-order chi connectivity index (χ1) is 18.4. The summed E-state index contributed by atoms with van der Waals surface area (Å²) >= 11 is 0. The molecule has 210 valence electrons. The van der Waals surface area contributed by atoms with E-state index in [1.54, 1.807) is 17.3 Å². The Morgan fingerprint density at radius 2 is 1.87 bits per heavy atom. The third-order valence-corrected chi connectivity index (χ3v) is 6.89. The second-order valence-electron chi connectivity index (χ2n) is 10.9. The Labute approximate surface area is 229 Å². The summed E-state index contributed by atoms with van der Waals surface area (Å²) in [6, 6.07) is 3.99. The van der Waals surface area contributed by atoms with E-state index in [2.05, 4.69) is 33.9 Å². The monoisotopic (exact) mass is 540 g/mol. The van der Waals surface area contributed by atoms with E-state index in [0.29, 0.717) is 36.8 Å². The summed E-state index contributed by atoms with van der Waals surface area (Å²) in [6.07, 6.45) is 3.12. The van der Waals surface area contributed by atoms with Gasteiger partial charge < -0.3 is 24.8 Å². The highest BCUT2D eigenvalue weighted by Crippen LogP contribution is 2.38. The van der Waals surface area contributed by atoms with Crippen LogP contribution in [0.15, 0.2) is 30.6 Å². The summed E-state index contributed by atoms with van der Waals surface area (Å²) in [5.74, 6) is -0.772. The van der Waals surface area contributed by atoms with Crippen LogP contribution in [0.5, 0.6) is 0 Å². The van der Waals surface area contributed by atoms with Gasteiger partial charge in [-0.2, -0.15) is 0 Å². The van der Waals surface area contributed by atoms with Crippen molar-refractivity contribution < 1.29 is 18.3 Å². The van der Waals surface area contributed by atoms with Gasteiger partial charge in [0.1, 0.15) is 23.1 Å². The minimum atomic E-state index is -0.693. The number of piperazine rings is 1. The lowest BCUT2D eigenvalue weighted by Crippen LogP contribution is -2.55. The smallest absolute Gasteiger partial charge is 0.410 e. The molecule has 0 unspecified atom stereocenters. The normalized spacial score (nSPS) is 16.0. The molecule has 1 amide bonds. The van der Waals surface area contributed by atoms with E-state index in [-0.39, 0.29) is 23.0 Å². The van der Waals surface area contributed by atoms with Crippen molar-refractivity contribution in [1.82, 2.24) is 14.9 Å². The van der Waals surface area contributed by atoms with Crippen LogP contribution in [-0.4, -0.2) is 65.3 Å². The number of halogens is 2. The van der Waals surface area contributed by atoms with Crippen molar-refractivity contribution in [3.05, 3.63) is 47.8 Å². The summed E-state index contributed by atoms with van der Waals surface area (Å²) in [4.78, 5) is 27.7. The van der Waals surface area contributed by atoms with Gasteiger partial charge >= 0.3 is 6.09 Å². The fourth-order valence-corrected chi connectivity index (χ4v) is 5.00. The van der Waals surface area contributed by atoms with E-state index >= 15 is 4.39 Å². The minimum absolute atomic E-state index is 0.103. The molecule has 3 aromatic rings. The molecule has 1 aliphatic heterocycles. The number of pyridine rings is 2. The van der Waals surface area contributed by atoms with Crippen molar-refractivity contribution in [2.45, 2.75) is 60.1 Å². The number of nitrogens with zero attached hydrogens (tertiary/aromatic N) is 5. The molecule has 3 heterocycles. The lowest BCUT2D eigenvalue weighted by atomic mass is 10.1. The zero-order chi connectivity index (χ0) is 28.5. The highest BCUT2D eigenvalue weighted by atomic mass is 19.1. The largest absolute Gasteiger partial charge is 0.444 e. The van der Waals surface area contributed by atoms with E-state index in [0.717, 1.165) is 30.4 Å². The first kappa shape index (κ1) is 28.3. The number of anilines is 4. The maximum Gasteiger partial charge on any atom is 0.410 e. The van der Waals surface area contributed by atoms with Gasteiger partial charge in [0.2, 0.25) is 0 Å². The van der Waals surface area contributed by atoms with Crippen LogP contribution >= 0.6 is 0 Å². The van der Waals surface area contributed by atoms with Gasteiger partial charge in [0.05, 0.1) is 40.4 Å². The molecular weight excluding hydrogens is 502 g/mol. The lowest BCUT2D eigenvalue weighted by Gasteiger charge is -2.41. The van der Waals surface area contributed by atoms with Gasteiger partial charge in [-0.25, -0.2) is 18.6 Å². The Morgan fingerprint density at radius 1 is 1.15 bits per heavy atom. The molecule has 0 radical (unpaired) electrons. The molecule has 0 bridgehead atoms. The standard InChI is InChI=1S/C29H38F2N6O2/c1-8-35(9-2)22-14-21(15-32-16-22)33-26-19(4)27(34-24-13-20(30)12-23(31)25(24)26)37-11-10-36(17-18(37)3)28(38)39-29(5,6)7/h12-16,18H,8-11,17H2,1-7H3,(H,33,34)/t18-/m0/s1. The first-order valence-corrected chi connectivity index (χ1v) is 13.4. The molecule has 0 aliphatic carbocycles. The zero-order valence-corrected chi connectivity index (χ0v) is 23.8. The van der Waals surface area contributed by atoms with Crippen molar-refractivity contribution in [3.63, 3.8) is 0 Å².